The van der Waals surface area contributed by atoms with Gasteiger partial charge in [0.15, 0.2) is 0 Å². The van der Waals surface area contributed by atoms with Crippen molar-refractivity contribution in [3.8, 4) is 11.3 Å². The average molecular weight is 498 g/mol. The minimum Gasteiger partial charge on any atom is -0.453 e. The van der Waals surface area contributed by atoms with E-state index in [0.29, 0.717) is 18.7 Å². The van der Waals surface area contributed by atoms with Gasteiger partial charge in [-0.2, -0.15) is 0 Å². The van der Waals surface area contributed by atoms with E-state index < -0.39 is 50.1 Å². The summed E-state index contributed by atoms with van der Waals surface area (Å²) in [4.78, 5) is 16.9. The highest BCUT2D eigenvalue weighted by Gasteiger charge is 2.29. The lowest BCUT2D eigenvalue weighted by atomic mass is 10.0. The van der Waals surface area contributed by atoms with E-state index in [1.807, 2.05) is 0 Å². The van der Waals surface area contributed by atoms with Crippen molar-refractivity contribution in [2.45, 2.75) is 24.3 Å². The molecule has 1 saturated heterocycles. The van der Waals surface area contributed by atoms with Gasteiger partial charge in [-0.3, -0.25) is 0 Å². The molecule has 9 nitrogen and oxygen atoms in total. The largest absolute Gasteiger partial charge is 0.453 e. The number of benzene rings is 1. The van der Waals surface area contributed by atoms with E-state index in [4.69, 9.17) is 14.6 Å². The number of aryl methyl sites for hydroxylation is 1. The van der Waals surface area contributed by atoms with Crippen molar-refractivity contribution in [3.05, 3.63) is 53.1 Å². The molecule has 1 amide bonds. The monoisotopic (exact) mass is 498 g/mol. The molecule has 0 aliphatic carbocycles. The van der Waals surface area contributed by atoms with Crippen molar-refractivity contribution >= 4 is 21.8 Å². The zero-order chi connectivity index (χ0) is 24.8. The Hall–Kier alpha value is -3.16. The van der Waals surface area contributed by atoms with Crippen LogP contribution in [-0.2, 0) is 25.9 Å². The number of primary sulfonamides is 1. The zero-order valence-corrected chi connectivity index (χ0v) is 19.0. The molecule has 1 aromatic carbocycles. The first-order valence-electron chi connectivity index (χ1n) is 10.1. The van der Waals surface area contributed by atoms with E-state index >= 15 is 8.78 Å². The van der Waals surface area contributed by atoms with Gasteiger partial charge >= 0.3 is 6.09 Å². The lowest BCUT2D eigenvalue weighted by Crippen LogP contribution is -2.46. The summed E-state index contributed by atoms with van der Waals surface area (Å²) in [5.41, 5.74) is -0.0397. The standard InChI is InChI=1S/C21H21F3N4O5S/c1-11-5-18-26-20(19-14(22)7-13(8-15(19)23)34(25,30)31)17(28(18)10-16(11)24)6-12-9-27(3-4-33-12)21(29)32-2/h5,7-8,10,12H,3-4,6,9H2,1-2H3,(H2,25,30,31)/t12-/m0/s1. The number of amides is 1. The number of pyridine rings is 1. The number of hydrogen-bond donors (Lipinski definition) is 1. The number of rotatable bonds is 4. The van der Waals surface area contributed by atoms with Crippen LogP contribution in [-0.4, -0.2) is 61.7 Å². The van der Waals surface area contributed by atoms with Crippen LogP contribution in [0.15, 0.2) is 29.3 Å². The van der Waals surface area contributed by atoms with Crippen molar-refractivity contribution < 1.29 is 35.9 Å². The Morgan fingerprint density at radius 3 is 2.53 bits per heavy atom. The van der Waals surface area contributed by atoms with Crippen LogP contribution in [0.3, 0.4) is 0 Å². The van der Waals surface area contributed by atoms with Gasteiger partial charge in [-0.15, -0.1) is 0 Å². The van der Waals surface area contributed by atoms with Crippen molar-refractivity contribution in [2.75, 3.05) is 26.8 Å². The van der Waals surface area contributed by atoms with Gasteiger partial charge in [0.1, 0.15) is 23.1 Å². The average Bonchev–Trinajstić information content (AvgIpc) is 3.09. The zero-order valence-electron chi connectivity index (χ0n) is 18.2. The molecular formula is C21H21F3N4O5S. The fraction of sp³-hybridized carbons (Fsp3) is 0.333. The van der Waals surface area contributed by atoms with Crippen molar-refractivity contribution in [2.24, 2.45) is 5.14 Å². The highest BCUT2D eigenvalue weighted by Crippen LogP contribution is 2.33. The number of fused-ring (bicyclic) bond motifs is 1. The first-order chi connectivity index (χ1) is 16.0. The first kappa shape index (κ1) is 24.0. The van der Waals surface area contributed by atoms with Gasteiger partial charge in [-0.05, 0) is 30.7 Å². The molecule has 0 spiro atoms. The summed E-state index contributed by atoms with van der Waals surface area (Å²) >= 11 is 0. The molecule has 0 saturated carbocycles. The third-order valence-corrected chi connectivity index (χ3v) is 6.47. The Bertz CT molecular complexity index is 1370. The molecule has 3 heterocycles. The van der Waals surface area contributed by atoms with E-state index in [-0.39, 0.29) is 42.2 Å². The van der Waals surface area contributed by atoms with Crippen LogP contribution in [0, 0.1) is 24.4 Å². The fourth-order valence-corrected chi connectivity index (χ4v) is 4.43. The Morgan fingerprint density at radius 2 is 1.91 bits per heavy atom. The van der Waals surface area contributed by atoms with Crippen LogP contribution in [0.5, 0.6) is 0 Å². The summed E-state index contributed by atoms with van der Waals surface area (Å²) in [7, 11) is -3.11. The topological polar surface area (TPSA) is 116 Å². The van der Waals surface area contributed by atoms with Gasteiger partial charge in [-0.1, -0.05) is 0 Å². The normalized spacial score (nSPS) is 16.8. The van der Waals surface area contributed by atoms with Gasteiger partial charge in [0, 0.05) is 19.2 Å². The van der Waals surface area contributed by atoms with E-state index in [1.54, 1.807) is 0 Å². The molecule has 1 atom stereocenters. The van der Waals surface area contributed by atoms with Crippen LogP contribution in [0.4, 0.5) is 18.0 Å². The molecule has 1 fully saturated rings. The number of carbonyl (C=O) groups is 1. The number of hydrogen-bond acceptors (Lipinski definition) is 6. The molecule has 2 N–H and O–H groups in total. The Kier molecular flexibility index (Phi) is 6.27. The summed E-state index contributed by atoms with van der Waals surface area (Å²) in [6, 6.07) is 2.62. The number of carbonyl (C=O) groups excluding carboxylic acids is 1. The second-order valence-electron chi connectivity index (χ2n) is 7.86. The summed E-state index contributed by atoms with van der Waals surface area (Å²) in [6.07, 6.45) is 0.00325. The maximum atomic E-state index is 15.0. The van der Waals surface area contributed by atoms with Gasteiger partial charge in [0.25, 0.3) is 0 Å². The second-order valence-corrected chi connectivity index (χ2v) is 9.42. The number of aromatic nitrogens is 2. The maximum absolute atomic E-state index is 15.0. The van der Waals surface area contributed by atoms with Crippen LogP contribution in [0.25, 0.3) is 16.9 Å². The molecule has 1 aliphatic heterocycles. The number of morpholine rings is 1. The molecule has 182 valence electrons. The molecule has 2 aromatic heterocycles. The predicted octanol–water partition coefficient (Wildman–Crippen LogP) is 2.38. The Balaban J connectivity index is 1.85. The minimum absolute atomic E-state index is 0.0162. The maximum Gasteiger partial charge on any atom is 0.409 e. The van der Waals surface area contributed by atoms with Crippen LogP contribution in [0.2, 0.25) is 0 Å². The molecule has 34 heavy (non-hydrogen) atoms. The number of ether oxygens (including phenoxy) is 2. The van der Waals surface area contributed by atoms with Crippen LogP contribution < -0.4 is 5.14 Å². The molecular weight excluding hydrogens is 477 g/mol. The van der Waals surface area contributed by atoms with Crippen molar-refractivity contribution in [3.63, 3.8) is 0 Å². The summed E-state index contributed by atoms with van der Waals surface area (Å²) in [5.74, 6) is -2.97. The summed E-state index contributed by atoms with van der Waals surface area (Å²) in [5, 5.41) is 5.00. The van der Waals surface area contributed by atoms with E-state index in [1.165, 1.54) is 29.4 Å². The lowest BCUT2D eigenvalue weighted by Gasteiger charge is -2.32. The molecule has 3 aromatic rings. The summed E-state index contributed by atoms with van der Waals surface area (Å²) in [6.45, 7) is 2.15. The Morgan fingerprint density at radius 1 is 1.24 bits per heavy atom. The molecule has 4 rings (SSSR count). The molecule has 0 unspecified atom stereocenters. The summed E-state index contributed by atoms with van der Waals surface area (Å²) < 4.78 is 79.4. The smallest absolute Gasteiger partial charge is 0.409 e. The first-order valence-corrected chi connectivity index (χ1v) is 11.7. The third kappa shape index (κ3) is 4.45. The molecule has 0 radical (unpaired) electrons. The van der Waals surface area contributed by atoms with E-state index in [0.717, 1.165) is 6.20 Å². The molecule has 13 heteroatoms. The van der Waals surface area contributed by atoms with E-state index in [9.17, 15) is 17.6 Å². The van der Waals surface area contributed by atoms with E-state index in [2.05, 4.69) is 4.98 Å². The van der Waals surface area contributed by atoms with Crippen LogP contribution >= 0.6 is 0 Å². The number of nitrogens with zero attached hydrogens (tertiary/aromatic N) is 3. The third-order valence-electron chi connectivity index (χ3n) is 5.58. The van der Waals surface area contributed by atoms with Crippen molar-refractivity contribution in [1.82, 2.24) is 14.3 Å². The van der Waals surface area contributed by atoms with Gasteiger partial charge in [0.05, 0.1) is 48.2 Å². The number of methoxy groups -OCH3 is 1. The Labute approximate surface area is 192 Å². The highest BCUT2D eigenvalue weighted by atomic mass is 32.2. The second kappa shape index (κ2) is 8.89. The van der Waals surface area contributed by atoms with Crippen molar-refractivity contribution in [1.29, 1.82) is 0 Å². The highest BCUT2D eigenvalue weighted by molar-refractivity contribution is 7.89. The number of halogens is 3. The minimum atomic E-state index is -4.36. The lowest BCUT2D eigenvalue weighted by molar-refractivity contribution is -0.0241. The van der Waals surface area contributed by atoms with Gasteiger partial charge < -0.3 is 18.8 Å². The molecule has 0 bridgehead atoms. The van der Waals surface area contributed by atoms with Gasteiger partial charge in [0.2, 0.25) is 10.0 Å². The number of sulfonamides is 1. The number of nitrogens with two attached hydrogens (primary N) is 1. The SMILES string of the molecule is COC(=O)N1CCO[C@@H](Cc2c(-c3c(F)cc(S(N)(=O)=O)cc3F)nc3cc(C)c(F)cn23)C1. The molecule has 1 aliphatic rings. The van der Waals surface area contributed by atoms with Gasteiger partial charge in [-0.25, -0.2) is 36.5 Å². The number of imidazole rings is 1. The fourth-order valence-electron chi connectivity index (χ4n) is 3.90. The predicted molar refractivity (Wildman–Crippen MR) is 114 cm³/mol. The van der Waals surface area contributed by atoms with Crippen LogP contribution in [0.1, 0.15) is 11.3 Å². The quantitative estimate of drug-likeness (QED) is 0.591.